The van der Waals surface area contributed by atoms with E-state index in [0.29, 0.717) is 6.42 Å². The number of hydrogen-bond acceptors (Lipinski definition) is 5. The molecule has 5 nitrogen and oxygen atoms in total. The molecule has 0 saturated carbocycles. The summed E-state index contributed by atoms with van der Waals surface area (Å²) in [6.07, 6.45) is -0.578. The Labute approximate surface area is 152 Å². The minimum Gasteiger partial charge on any atom is -0.508 e. The number of phenolic OH excluding ortho intramolecular Hbond substituents is 2. The summed E-state index contributed by atoms with van der Waals surface area (Å²) in [5.41, 5.74) is 0.872. The number of aliphatic hydroxyl groups excluding tert-OH is 1. The topological polar surface area (TPSA) is 82.0 Å². The molecular formula is C18H24ClNO4. The van der Waals surface area contributed by atoms with Crippen LogP contribution in [0.5, 0.6) is 17.2 Å². The fourth-order valence-corrected chi connectivity index (χ4v) is 2.23. The van der Waals surface area contributed by atoms with Crippen molar-refractivity contribution in [2.75, 3.05) is 13.7 Å². The summed E-state index contributed by atoms with van der Waals surface area (Å²) in [4.78, 5) is 0. The van der Waals surface area contributed by atoms with Crippen molar-refractivity contribution in [2.45, 2.75) is 25.5 Å². The summed E-state index contributed by atoms with van der Waals surface area (Å²) in [5, 5.41) is 32.8. The molecule has 0 radical (unpaired) electrons. The second-order valence-electron chi connectivity index (χ2n) is 5.36. The molecule has 6 heteroatoms. The number of nitrogens with one attached hydrogen (secondary N) is 1. The van der Waals surface area contributed by atoms with E-state index in [2.05, 4.69) is 5.32 Å². The van der Waals surface area contributed by atoms with Gasteiger partial charge in [0, 0.05) is 18.6 Å². The molecule has 4 N–H and O–H groups in total. The smallest absolute Gasteiger partial charge is 0.119 e. The lowest BCUT2D eigenvalue weighted by Gasteiger charge is -2.18. The van der Waals surface area contributed by atoms with E-state index in [1.807, 2.05) is 31.2 Å². The lowest BCUT2D eigenvalue weighted by molar-refractivity contribution is 0.170. The molecule has 0 amide bonds. The van der Waals surface area contributed by atoms with Crippen LogP contribution in [0.4, 0.5) is 0 Å². The van der Waals surface area contributed by atoms with Gasteiger partial charge in [-0.15, -0.1) is 12.4 Å². The Morgan fingerprint density at radius 3 is 2.25 bits per heavy atom. The predicted octanol–water partition coefficient (Wildman–Crippen LogP) is 2.78. The van der Waals surface area contributed by atoms with Gasteiger partial charge >= 0.3 is 0 Å². The molecule has 0 saturated heterocycles. The fraction of sp³-hybridized carbons (Fsp3) is 0.333. The third-order valence-electron chi connectivity index (χ3n) is 3.44. The van der Waals surface area contributed by atoms with Gasteiger partial charge < -0.3 is 25.4 Å². The molecule has 132 valence electrons. The van der Waals surface area contributed by atoms with Gasteiger partial charge in [-0.25, -0.2) is 0 Å². The number of aromatic hydroxyl groups is 2. The van der Waals surface area contributed by atoms with Crippen LogP contribution in [-0.2, 0) is 6.42 Å². The summed E-state index contributed by atoms with van der Waals surface area (Å²) in [7, 11) is 1.60. The summed E-state index contributed by atoms with van der Waals surface area (Å²) < 4.78 is 28.2. The third kappa shape index (κ3) is 5.92. The van der Waals surface area contributed by atoms with Crippen molar-refractivity contribution < 1.29 is 24.2 Å². The Bertz CT molecular complexity index is 745. The Morgan fingerprint density at radius 1 is 1.12 bits per heavy atom. The van der Waals surface area contributed by atoms with Gasteiger partial charge in [0.1, 0.15) is 17.2 Å². The largest absolute Gasteiger partial charge is 0.508 e. The fourth-order valence-electron chi connectivity index (χ4n) is 2.23. The molecule has 2 aromatic carbocycles. The molecule has 0 aromatic heterocycles. The van der Waals surface area contributed by atoms with Gasteiger partial charge in [-0.3, -0.25) is 0 Å². The van der Waals surface area contributed by atoms with Crippen LogP contribution < -0.4 is 10.1 Å². The number of benzene rings is 2. The van der Waals surface area contributed by atoms with Gasteiger partial charge in [-0.05, 0) is 48.7 Å². The monoisotopic (exact) mass is 359 g/mol. The van der Waals surface area contributed by atoms with E-state index in [1.54, 1.807) is 7.11 Å². The highest BCUT2D eigenvalue weighted by atomic mass is 35.5. The van der Waals surface area contributed by atoms with E-state index in [9.17, 15) is 15.3 Å². The van der Waals surface area contributed by atoms with Crippen LogP contribution in [0.3, 0.4) is 0 Å². The van der Waals surface area contributed by atoms with Crippen LogP contribution in [-0.4, -0.2) is 35.0 Å². The van der Waals surface area contributed by atoms with Crippen LogP contribution in [0.15, 0.2) is 42.4 Å². The summed E-state index contributed by atoms with van der Waals surface area (Å²) in [5.74, 6) is -0.731. The van der Waals surface area contributed by atoms with Crippen LogP contribution >= 0.6 is 12.4 Å². The van der Waals surface area contributed by atoms with Crippen molar-refractivity contribution >= 4 is 12.4 Å². The maximum absolute atomic E-state index is 10.3. The minimum absolute atomic E-state index is 0. The van der Waals surface area contributed by atoms with Crippen LogP contribution in [0.25, 0.3) is 0 Å². The number of methoxy groups -OCH3 is 1. The number of phenols is 2. The van der Waals surface area contributed by atoms with Gasteiger partial charge in [0.2, 0.25) is 0 Å². The van der Waals surface area contributed by atoms with Crippen molar-refractivity contribution in [3.05, 3.63) is 53.5 Å². The number of aliphatic hydroxyl groups is 1. The quantitative estimate of drug-likeness (QED) is 0.611. The van der Waals surface area contributed by atoms with Gasteiger partial charge in [-0.2, -0.15) is 0 Å². The van der Waals surface area contributed by atoms with Crippen molar-refractivity contribution in [1.82, 2.24) is 5.32 Å². The van der Waals surface area contributed by atoms with E-state index < -0.39 is 35.7 Å². The Morgan fingerprint density at radius 2 is 1.71 bits per heavy atom. The highest BCUT2D eigenvalue weighted by Gasteiger charge is 2.12. The summed E-state index contributed by atoms with van der Waals surface area (Å²) in [6.45, 7) is 1.97. The molecule has 2 rings (SSSR count). The normalized spacial score (nSPS) is 14.7. The lowest BCUT2D eigenvalue weighted by atomic mass is 10.1. The lowest BCUT2D eigenvalue weighted by Crippen LogP contribution is -2.32. The molecule has 0 aliphatic carbocycles. The Hall–Kier alpha value is -1.95. The van der Waals surface area contributed by atoms with Crippen LogP contribution in [0.2, 0.25) is 0 Å². The van der Waals surface area contributed by atoms with E-state index in [1.165, 1.54) is 0 Å². The highest BCUT2D eigenvalue weighted by Crippen LogP contribution is 2.24. The standard InChI is InChI=1S/C18H23NO4.ClH/c1-12(7-13-3-5-17(23-2)6-4-13)19-11-18(22)14-8-15(20)10-16(21)9-14;/h3-6,8-10,12,18-22H,7,11H2,1-2H3;1H/t12-,18+;/m1./s1/i8T,9T,10T;. The zero-order valence-electron chi connectivity index (χ0n) is 16.5. The summed E-state index contributed by atoms with van der Waals surface area (Å²) in [6, 6.07) is 5.90. The number of hydrogen-bond donors (Lipinski definition) is 4. The average Bonchev–Trinajstić information content (AvgIpc) is 2.64. The first kappa shape index (κ1) is 15.6. The maximum atomic E-state index is 10.3. The van der Waals surface area contributed by atoms with Gasteiger partial charge in [0.25, 0.3) is 0 Å². The zero-order valence-corrected chi connectivity index (χ0v) is 14.4. The zero-order chi connectivity index (χ0) is 19.4. The van der Waals surface area contributed by atoms with Crippen molar-refractivity contribution in [2.24, 2.45) is 0 Å². The Balaban J connectivity index is 0.00000364. The van der Waals surface area contributed by atoms with E-state index in [-0.39, 0.29) is 30.6 Å². The molecule has 0 bridgehead atoms. The van der Waals surface area contributed by atoms with Crippen molar-refractivity contribution in [1.29, 1.82) is 0 Å². The Kier molecular flexibility index (Phi) is 6.08. The van der Waals surface area contributed by atoms with E-state index in [0.717, 1.165) is 11.3 Å². The van der Waals surface area contributed by atoms with Crippen LogP contribution in [0, 0.1) is 0 Å². The first-order valence-electron chi connectivity index (χ1n) is 8.82. The molecule has 0 unspecified atom stereocenters. The minimum atomic E-state index is -1.27. The van der Waals surface area contributed by atoms with Gasteiger partial charge in [0.05, 0.1) is 17.3 Å². The average molecular weight is 360 g/mol. The molecule has 0 heterocycles. The summed E-state index contributed by atoms with van der Waals surface area (Å²) >= 11 is 0. The molecule has 24 heavy (non-hydrogen) atoms. The second-order valence-corrected chi connectivity index (χ2v) is 5.36. The molecule has 2 aromatic rings. The van der Waals surface area contributed by atoms with Gasteiger partial charge in [-0.1, -0.05) is 12.1 Å². The molecule has 2 atom stereocenters. The third-order valence-corrected chi connectivity index (χ3v) is 3.44. The first-order chi connectivity index (χ1) is 12.3. The SMILES string of the molecule is Cl.[3H]c1c(O)c([3H])c([C@@H](O)CN[C@H](C)Cc2ccc(OC)cc2)c([3H])c1O. The molecule has 0 spiro atoms. The molecule has 0 fully saturated rings. The van der Waals surface area contributed by atoms with Crippen LogP contribution in [0.1, 0.15) is 28.3 Å². The first-order valence-corrected chi connectivity index (χ1v) is 7.32. The predicted molar refractivity (Wildman–Crippen MR) is 96.1 cm³/mol. The molecule has 0 aliphatic rings. The van der Waals surface area contributed by atoms with E-state index >= 15 is 0 Å². The second kappa shape index (κ2) is 9.37. The van der Waals surface area contributed by atoms with Crippen molar-refractivity contribution in [3.8, 4) is 17.2 Å². The number of ether oxygens (including phenoxy) is 1. The number of halogens is 1. The maximum Gasteiger partial charge on any atom is 0.119 e. The molecular weight excluding hydrogens is 330 g/mol. The number of rotatable bonds is 7. The van der Waals surface area contributed by atoms with Crippen molar-refractivity contribution in [3.63, 3.8) is 0 Å². The van der Waals surface area contributed by atoms with E-state index in [4.69, 9.17) is 8.85 Å². The highest BCUT2D eigenvalue weighted by molar-refractivity contribution is 5.85. The van der Waals surface area contributed by atoms with Gasteiger partial charge in [0.15, 0.2) is 0 Å². The molecule has 0 aliphatic heterocycles.